The molecule has 3 nitrogen and oxygen atoms in total. The molecule has 0 aliphatic heterocycles. The second-order valence-corrected chi connectivity index (χ2v) is 9.16. The molecule has 5 unspecified atom stereocenters. The van der Waals surface area contributed by atoms with Crippen molar-refractivity contribution in [3.63, 3.8) is 0 Å². The van der Waals surface area contributed by atoms with E-state index in [9.17, 15) is 10.2 Å². The number of pyridine rings is 1. The first kappa shape index (κ1) is 24.1. The summed E-state index contributed by atoms with van der Waals surface area (Å²) in [7, 11) is 0. The molecule has 31 heavy (non-hydrogen) atoms. The molecular weight excluding hydrogens is 563 g/mol. The van der Waals surface area contributed by atoms with E-state index >= 15 is 0 Å². The summed E-state index contributed by atoms with van der Waals surface area (Å²) >= 11 is 0. The maximum atomic E-state index is 9.86. The van der Waals surface area contributed by atoms with Gasteiger partial charge in [0.25, 0.3) is 0 Å². The summed E-state index contributed by atoms with van der Waals surface area (Å²) in [5.41, 5.74) is 4.49. The molecule has 0 spiro atoms. The number of nitrogens with zero attached hydrogens (tertiary/aromatic N) is 1. The van der Waals surface area contributed by atoms with Crippen LogP contribution in [0.3, 0.4) is 0 Å². The van der Waals surface area contributed by atoms with Gasteiger partial charge in [0.15, 0.2) is 0 Å². The van der Waals surface area contributed by atoms with Crippen LogP contribution in [0, 0.1) is 37.7 Å². The molecular formula is C27H32IrNO2-. The number of aromatic nitrogens is 1. The number of aryl methyl sites for hydroxylation is 2. The van der Waals surface area contributed by atoms with E-state index in [1.807, 2.05) is 12.3 Å². The van der Waals surface area contributed by atoms with Gasteiger partial charge in [-0.15, -0.1) is 34.9 Å². The summed E-state index contributed by atoms with van der Waals surface area (Å²) in [6, 6.07) is 18.0. The molecule has 1 radical (unpaired) electrons. The van der Waals surface area contributed by atoms with Crippen LogP contribution in [0.5, 0.6) is 0 Å². The van der Waals surface area contributed by atoms with Crippen molar-refractivity contribution >= 4 is 10.8 Å². The van der Waals surface area contributed by atoms with E-state index in [0.717, 1.165) is 36.1 Å². The van der Waals surface area contributed by atoms with E-state index in [2.05, 4.69) is 68.2 Å². The molecule has 2 fully saturated rings. The summed E-state index contributed by atoms with van der Waals surface area (Å²) in [4.78, 5) is 4.53. The first-order valence-electron chi connectivity index (χ1n) is 11.1. The molecule has 3 aromatic rings. The van der Waals surface area contributed by atoms with Gasteiger partial charge < -0.3 is 15.2 Å². The average molecular weight is 595 g/mol. The van der Waals surface area contributed by atoms with Crippen molar-refractivity contribution in [2.24, 2.45) is 17.8 Å². The molecule has 1 aromatic heterocycles. The van der Waals surface area contributed by atoms with Crippen LogP contribution in [0.2, 0.25) is 0 Å². The number of fused-ring (bicyclic) bond motifs is 2. The first-order valence-corrected chi connectivity index (χ1v) is 11.1. The van der Waals surface area contributed by atoms with E-state index in [1.165, 1.54) is 22.8 Å². The zero-order chi connectivity index (χ0) is 21.3. The minimum atomic E-state index is -0.249. The van der Waals surface area contributed by atoms with Gasteiger partial charge in [-0.05, 0) is 60.1 Å². The quantitative estimate of drug-likeness (QED) is 0.367. The third-order valence-electron chi connectivity index (χ3n) is 6.87. The Balaban J connectivity index is 0.000000183. The second-order valence-electron chi connectivity index (χ2n) is 9.16. The summed E-state index contributed by atoms with van der Waals surface area (Å²) in [6.45, 7) is 6.27. The fourth-order valence-corrected chi connectivity index (χ4v) is 5.31. The summed E-state index contributed by atoms with van der Waals surface area (Å²) in [5.74, 6) is 1.18. The number of aliphatic hydroxyl groups excluding tert-OH is 2. The van der Waals surface area contributed by atoms with Crippen LogP contribution in [-0.2, 0) is 20.1 Å². The Bertz CT molecular complexity index is 996. The van der Waals surface area contributed by atoms with Crippen molar-refractivity contribution in [3.05, 3.63) is 65.9 Å². The van der Waals surface area contributed by atoms with Crippen LogP contribution in [-0.4, -0.2) is 27.4 Å². The molecule has 2 aliphatic rings. The van der Waals surface area contributed by atoms with Gasteiger partial charge >= 0.3 is 0 Å². The minimum Gasteiger partial charge on any atom is -0.393 e. The Labute approximate surface area is 199 Å². The third-order valence-corrected chi connectivity index (χ3v) is 6.87. The molecule has 5 rings (SSSR count). The Morgan fingerprint density at radius 1 is 0.968 bits per heavy atom. The number of rotatable bonds is 1. The van der Waals surface area contributed by atoms with Crippen molar-refractivity contribution in [1.82, 2.24) is 4.98 Å². The van der Waals surface area contributed by atoms with E-state index < -0.39 is 0 Å². The van der Waals surface area contributed by atoms with Gasteiger partial charge in [0.1, 0.15) is 0 Å². The van der Waals surface area contributed by atoms with Crippen LogP contribution in [0.15, 0.2) is 48.7 Å². The van der Waals surface area contributed by atoms with E-state index in [0.29, 0.717) is 11.8 Å². The van der Waals surface area contributed by atoms with E-state index in [4.69, 9.17) is 0 Å². The van der Waals surface area contributed by atoms with Gasteiger partial charge in [-0.3, -0.25) is 0 Å². The second kappa shape index (κ2) is 10.4. The Morgan fingerprint density at radius 2 is 1.71 bits per heavy atom. The average Bonchev–Trinajstić information content (AvgIpc) is 3.11. The predicted octanol–water partition coefficient (Wildman–Crippen LogP) is 5.48. The Hall–Kier alpha value is -1.58. The largest absolute Gasteiger partial charge is 0.393 e. The fourth-order valence-electron chi connectivity index (χ4n) is 5.31. The van der Waals surface area contributed by atoms with Crippen LogP contribution in [0.4, 0.5) is 0 Å². The molecule has 5 atom stereocenters. The SMILES string of the molecule is CC1CCC2CCC(O)C2C1O.Cc1[c-]c(-c2nccc3ccccc23)cc(C)c1.[Ir]. The minimum absolute atomic E-state index is 0. The molecule has 167 valence electrons. The van der Waals surface area contributed by atoms with Crippen molar-refractivity contribution in [2.75, 3.05) is 0 Å². The molecule has 0 amide bonds. The maximum absolute atomic E-state index is 9.86. The standard InChI is InChI=1S/C17H14N.C10H18O2.Ir/c1-12-9-13(2)11-15(10-12)17-16-6-4-3-5-14(16)7-8-18-17;1-6-2-3-7-4-5-8(11)9(7)10(6)12;/h3-10H,1-2H3;6-12H,2-5H2,1H3;/q-1;;. The molecule has 2 saturated carbocycles. The van der Waals surface area contributed by atoms with Crippen molar-refractivity contribution in [2.45, 2.75) is 58.7 Å². The molecule has 1 heterocycles. The van der Waals surface area contributed by atoms with Crippen molar-refractivity contribution < 1.29 is 30.3 Å². The molecule has 0 saturated heterocycles. The first-order chi connectivity index (χ1) is 14.4. The molecule has 0 bridgehead atoms. The maximum Gasteiger partial charge on any atom is 0.0621 e. The van der Waals surface area contributed by atoms with Crippen LogP contribution < -0.4 is 0 Å². The summed E-state index contributed by atoms with van der Waals surface area (Å²) < 4.78 is 0. The van der Waals surface area contributed by atoms with Crippen molar-refractivity contribution in [1.29, 1.82) is 0 Å². The fraction of sp³-hybridized carbons (Fsp3) is 0.444. The van der Waals surface area contributed by atoms with Crippen LogP contribution in [0.25, 0.3) is 22.0 Å². The summed E-state index contributed by atoms with van der Waals surface area (Å²) in [6.07, 6.45) is 5.75. The Morgan fingerprint density at radius 3 is 2.48 bits per heavy atom. The number of hydrogen-bond donors (Lipinski definition) is 2. The smallest absolute Gasteiger partial charge is 0.0621 e. The van der Waals surface area contributed by atoms with E-state index in [1.54, 1.807) is 0 Å². The zero-order valence-electron chi connectivity index (χ0n) is 18.5. The van der Waals surface area contributed by atoms with Gasteiger partial charge in [0.2, 0.25) is 0 Å². The molecule has 2 N–H and O–H groups in total. The van der Waals surface area contributed by atoms with Gasteiger partial charge in [0.05, 0.1) is 12.2 Å². The number of aliphatic hydroxyl groups is 2. The number of benzene rings is 2. The predicted molar refractivity (Wildman–Crippen MR) is 122 cm³/mol. The van der Waals surface area contributed by atoms with Crippen LogP contribution >= 0.6 is 0 Å². The van der Waals surface area contributed by atoms with Crippen LogP contribution in [0.1, 0.15) is 43.7 Å². The normalized spacial score (nSPS) is 27.1. The van der Waals surface area contributed by atoms with Gasteiger partial charge in [-0.2, -0.15) is 0 Å². The van der Waals surface area contributed by atoms with Gasteiger partial charge in [-0.1, -0.05) is 45.0 Å². The molecule has 2 aliphatic carbocycles. The monoisotopic (exact) mass is 595 g/mol. The van der Waals surface area contributed by atoms with E-state index in [-0.39, 0.29) is 38.2 Å². The topological polar surface area (TPSA) is 53.4 Å². The van der Waals surface area contributed by atoms with Gasteiger partial charge in [0, 0.05) is 32.2 Å². The zero-order valence-corrected chi connectivity index (χ0v) is 20.9. The van der Waals surface area contributed by atoms with Gasteiger partial charge in [-0.25, -0.2) is 0 Å². The summed E-state index contributed by atoms with van der Waals surface area (Å²) in [5, 5.41) is 21.9. The third kappa shape index (κ3) is 5.26. The molecule has 2 aromatic carbocycles. The molecule has 4 heteroatoms. The van der Waals surface area contributed by atoms with Crippen molar-refractivity contribution in [3.8, 4) is 11.3 Å². The Kier molecular flexibility index (Phi) is 8.04. The number of hydrogen-bond acceptors (Lipinski definition) is 3.